The number of anilines is 2. The summed E-state index contributed by atoms with van der Waals surface area (Å²) < 4.78 is 11.9. The molecule has 2 aromatic heterocycles. The Labute approximate surface area is 189 Å². The second-order valence-corrected chi connectivity index (χ2v) is 8.76. The first-order chi connectivity index (χ1) is 15.6. The molecule has 32 heavy (non-hydrogen) atoms. The number of carbonyl (C=O) groups is 1. The quantitative estimate of drug-likeness (QED) is 0.371. The summed E-state index contributed by atoms with van der Waals surface area (Å²) in [4.78, 5) is 25.2. The van der Waals surface area contributed by atoms with Crippen molar-refractivity contribution in [1.82, 2.24) is 15.0 Å². The maximum absolute atomic E-state index is 12.0. The van der Waals surface area contributed by atoms with Gasteiger partial charge < -0.3 is 14.8 Å². The Morgan fingerprint density at radius 3 is 2.50 bits per heavy atom. The fourth-order valence-corrected chi connectivity index (χ4v) is 4.27. The highest BCUT2D eigenvalue weighted by molar-refractivity contribution is 7.22. The molecule has 1 saturated carbocycles. The summed E-state index contributed by atoms with van der Waals surface area (Å²) in [6, 6.07) is 16.4. The number of aromatic nitrogens is 3. The highest BCUT2D eigenvalue weighted by Gasteiger charge is 2.52. The first kappa shape index (κ1) is 20.4. The zero-order valence-corrected chi connectivity index (χ0v) is 18.4. The summed E-state index contributed by atoms with van der Waals surface area (Å²) in [5.74, 6) is -0.198. The van der Waals surface area contributed by atoms with Crippen LogP contribution in [-0.4, -0.2) is 34.1 Å². The Hall–Kier alpha value is -3.52. The van der Waals surface area contributed by atoms with E-state index in [-0.39, 0.29) is 18.6 Å². The molecule has 8 heteroatoms. The van der Waals surface area contributed by atoms with Gasteiger partial charge in [-0.2, -0.15) is 0 Å². The predicted molar refractivity (Wildman–Crippen MR) is 124 cm³/mol. The SMILES string of the molecule is CCOC(=O)C1(COc2ncc(-c3ccc(Nc4nc5ccccc5s4)cc3)cn2)CC1. The van der Waals surface area contributed by atoms with E-state index >= 15 is 0 Å². The van der Waals surface area contributed by atoms with Crippen molar-refractivity contribution in [3.8, 4) is 17.1 Å². The number of para-hydroxylation sites is 1. The zero-order chi connectivity index (χ0) is 22.0. The van der Waals surface area contributed by atoms with Crippen LogP contribution in [0, 0.1) is 5.41 Å². The van der Waals surface area contributed by atoms with Gasteiger partial charge in [0.2, 0.25) is 0 Å². The second-order valence-electron chi connectivity index (χ2n) is 7.73. The van der Waals surface area contributed by atoms with Gasteiger partial charge in [0.25, 0.3) is 0 Å². The lowest BCUT2D eigenvalue weighted by atomic mass is 10.1. The minimum absolute atomic E-state index is 0.198. The lowest BCUT2D eigenvalue weighted by Crippen LogP contribution is -2.26. The van der Waals surface area contributed by atoms with Gasteiger partial charge in [0.1, 0.15) is 12.0 Å². The molecular weight excluding hydrogens is 424 g/mol. The van der Waals surface area contributed by atoms with Gasteiger partial charge in [-0.15, -0.1) is 0 Å². The van der Waals surface area contributed by atoms with Crippen molar-refractivity contribution in [3.05, 3.63) is 60.9 Å². The molecule has 1 aliphatic rings. The van der Waals surface area contributed by atoms with Crippen LogP contribution in [0.1, 0.15) is 19.8 Å². The van der Waals surface area contributed by atoms with Gasteiger partial charge in [-0.3, -0.25) is 4.79 Å². The monoisotopic (exact) mass is 446 g/mol. The number of rotatable bonds is 8. The highest BCUT2D eigenvalue weighted by atomic mass is 32.1. The first-order valence-electron chi connectivity index (χ1n) is 10.5. The Morgan fingerprint density at radius 1 is 1.06 bits per heavy atom. The minimum atomic E-state index is -0.524. The molecule has 0 spiro atoms. The molecule has 2 aromatic carbocycles. The molecule has 162 valence electrons. The molecule has 1 fully saturated rings. The van der Waals surface area contributed by atoms with E-state index in [2.05, 4.69) is 26.3 Å². The third kappa shape index (κ3) is 4.27. The number of hydrogen-bond acceptors (Lipinski definition) is 8. The lowest BCUT2D eigenvalue weighted by molar-refractivity contribution is -0.151. The smallest absolute Gasteiger partial charge is 0.316 e. The summed E-state index contributed by atoms with van der Waals surface area (Å²) in [6.45, 7) is 2.43. The number of hydrogen-bond donors (Lipinski definition) is 1. The molecule has 0 aliphatic heterocycles. The fraction of sp³-hybridized carbons (Fsp3) is 0.250. The number of ether oxygens (including phenoxy) is 2. The van der Waals surface area contributed by atoms with Gasteiger partial charge in [-0.25, -0.2) is 15.0 Å². The number of carbonyl (C=O) groups excluding carboxylic acids is 1. The Balaban J connectivity index is 1.21. The number of benzene rings is 2. The minimum Gasteiger partial charge on any atom is -0.465 e. The standard InChI is InChI=1S/C24H22N4O3S/c1-2-30-21(29)24(11-12-24)15-31-22-25-13-17(14-26-22)16-7-9-18(10-8-16)27-23-28-19-5-3-4-6-20(19)32-23/h3-10,13-14H,2,11-12,15H2,1H3,(H,27,28). The molecule has 1 N–H and O–H groups in total. The number of esters is 1. The Bertz CT molecular complexity index is 1200. The van der Waals surface area contributed by atoms with Crippen LogP contribution in [0.5, 0.6) is 6.01 Å². The maximum atomic E-state index is 12.0. The summed E-state index contributed by atoms with van der Waals surface area (Å²) in [5, 5.41) is 4.22. The Kier molecular flexibility index (Phi) is 5.45. The number of nitrogens with zero attached hydrogens (tertiary/aromatic N) is 3. The summed E-state index contributed by atoms with van der Waals surface area (Å²) in [5.41, 5.74) is 3.31. The molecule has 0 saturated heterocycles. The largest absolute Gasteiger partial charge is 0.465 e. The first-order valence-corrected chi connectivity index (χ1v) is 11.3. The van der Waals surface area contributed by atoms with Crippen molar-refractivity contribution in [3.63, 3.8) is 0 Å². The van der Waals surface area contributed by atoms with E-state index in [0.717, 1.165) is 45.0 Å². The van der Waals surface area contributed by atoms with Crippen LogP contribution < -0.4 is 10.1 Å². The molecule has 0 unspecified atom stereocenters. The van der Waals surface area contributed by atoms with Gasteiger partial charge in [-0.1, -0.05) is 35.6 Å². The predicted octanol–water partition coefficient (Wildman–Crippen LogP) is 5.22. The number of nitrogens with one attached hydrogen (secondary N) is 1. The van der Waals surface area contributed by atoms with Crippen LogP contribution in [0.2, 0.25) is 0 Å². The van der Waals surface area contributed by atoms with E-state index < -0.39 is 5.41 Å². The fourth-order valence-electron chi connectivity index (χ4n) is 3.38. The van der Waals surface area contributed by atoms with Crippen molar-refractivity contribution in [2.75, 3.05) is 18.5 Å². The van der Waals surface area contributed by atoms with Crippen LogP contribution in [0.25, 0.3) is 21.3 Å². The summed E-state index contributed by atoms with van der Waals surface area (Å²) in [6.07, 6.45) is 5.01. The van der Waals surface area contributed by atoms with Crippen molar-refractivity contribution >= 4 is 38.3 Å². The molecule has 7 nitrogen and oxygen atoms in total. The van der Waals surface area contributed by atoms with Crippen molar-refractivity contribution < 1.29 is 14.3 Å². The Morgan fingerprint density at radius 2 is 1.81 bits per heavy atom. The van der Waals surface area contributed by atoms with Crippen LogP contribution in [0.15, 0.2) is 60.9 Å². The molecule has 5 rings (SSSR count). The van der Waals surface area contributed by atoms with E-state index in [1.165, 1.54) is 0 Å². The van der Waals surface area contributed by atoms with Crippen molar-refractivity contribution in [1.29, 1.82) is 0 Å². The van der Waals surface area contributed by atoms with Gasteiger partial charge in [0.15, 0.2) is 5.13 Å². The molecule has 2 heterocycles. The summed E-state index contributed by atoms with van der Waals surface area (Å²) in [7, 11) is 0. The molecule has 0 radical (unpaired) electrons. The van der Waals surface area contributed by atoms with Crippen molar-refractivity contribution in [2.24, 2.45) is 5.41 Å². The number of thiazole rings is 1. The normalized spacial score (nSPS) is 14.2. The maximum Gasteiger partial charge on any atom is 0.316 e. The molecule has 0 amide bonds. The third-order valence-electron chi connectivity index (χ3n) is 5.43. The van der Waals surface area contributed by atoms with E-state index in [9.17, 15) is 4.79 Å². The molecular formula is C24H22N4O3S. The highest BCUT2D eigenvalue weighted by Crippen LogP contribution is 2.46. The van der Waals surface area contributed by atoms with Crippen LogP contribution in [-0.2, 0) is 9.53 Å². The average Bonchev–Trinajstić information content (AvgIpc) is 3.51. The van der Waals surface area contributed by atoms with E-state index in [1.54, 1.807) is 30.7 Å². The second kappa shape index (κ2) is 8.55. The van der Waals surface area contributed by atoms with Gasteiger partial charge in [-0.05, 0) is 49.6 Å². The van der Waals surface area contributed by atoms with E-state index in [1.807, 2.05) is 42.5 Å². The van der Waals surface area contributed by atoms with Crippen LogP contribution in [0.4, 0.5) is 10.8 Å². The van der Waals surface area contributed by atoms with Gasteiger partial charge in [0.05, 0.1) is 16.8 Å². The topological polar surface area (TPSA) is 86.2 Å². The van der Waals surface area contributed by atoms with Gasteiger partial charge in [0, 0.05) is 23.6 Å². The average molecular weight is 447 g/mol. The van der Waals surface area contributed by atoms with Crippen molar-refractivity contribution in [2.45, 2.75) is 19.8 Å². The molecule has 1 aliphatic carbocycles. The van der Waals surface area contributed by atoms with Crippen LogP contribution in [0.3, 0.4) is 0 Å². The summed E-state index contributed by atoms with van der Waals surface area (Å²) >= 11 is 1.62. The van der Waals surface area contributed by atoms with E-state index in [0.29, 0.717) is 6.61 Å². The van der Waals surface area contributed by atoms with Gasteiger partial charge >= 0.3 is 12.0 Å². The molecule has 0 bridgehead atoms. The molecule has 0 atom stereocenters. The van der Waals surface area contributed by atoms with Crippen LogP contribution >= 0.6 is 11.3 Å². The van der Waals surface area contributed by atoms with E-state index in [4.69, 9.17) is 9.47 Å². The zero-order valence-electron chi connectivity index (χ0n) is 17.6. The number of fused-ring (bicyclic) bond motifs is 1. The molecule has 4 aromatic rings. The third-order valence-corrected chi connectivity index (χ3v) is 6.38. The lowest BCUT2D eigenvalue weighted by Gasteiger charge is -2.13.